The van der Waals surface area contributed by atoms with E-state index in [0.29, 0.717) is 24.9 Å². The van der Waals surface area contributed by atoms with Crippen LogP contribution in [-0.4, -0.2) is 34.0 Å². The Labute approximate surface area is 185 Å². The molecule has 4 aromatic rings. The van der Waals surface area contributed by atoms with Gasteiger partial charge in [0, 0.05) is 25.0 Å². The predicted molar refractivity (Wildman–Crippen MR) is 126 cm³/mol. The molecule has 0 saturated carbocycles. The largest absolute Gasteiger partial charge is 0.423 e. The number of carbonyl (C=O) groups is 1. The van der Waals surface area contributed by atoms with Gasteiger partial charge >= 0.3 is 6.03 Å². The van der Waals surface area contributed by atoms with Crippen LogP contribution in [0.2, 0.25) is 0 Å². The number of rotatable bonds is 4. The highest BCUT2D eigenvalue weighted by atomic mass is 16.4. The number of carbonyl (C=O) groups excluding carboxylic acids is 1. The zero-order valence-electron chi connectivity index (χ0n) is 17.7. The van der Waals surface area contributed by atoms with Crippen molar-refractivity contribution in [3.63, 3.8) is 0 Å². The lowest BCUT2D eigenvalue weighted by Gasteiger charge is -2.27. The van der Waals surface area contributed by atoms with Gasteiger partial charge in [-0.2, -0.15) is 4.98 Å². The monoisotopic (exact) mass is 425 g/mol. The average molecular weight is 425 g/mol. The second kappa shape index (κ2) is 8.55. The molecule has 2 amide bonds. The maximum Gasteiger partial charge on any atom is 0.323 e. The van der Waals surface area contributed by atoms with Crippen LogP contribution in [-0.2, 0) is 0 Å². The van der Waals surface area contributed by atoms with Crippen LogP contribution in [0.1, 0.15) is 17.5 Å². The van der Waals surface area contributed by atoms with E-state index in [2.05, 4.69) is 38.8 Å². The number of hydrogen-bond donors (Lipinski definition) is 2. The highest BCUT2D eigenvalue weighted by molar-refractivity contribution is 5.89. The van der Waals surface area contributed by atoms with Crippen LogP contribution in [0.4, 0.5) is 22.3 Å². The second-order valence-electron chi connectivity index (χ2n) is 7.71. The van der Waals surface area contributed by atoms with Crippen LogP contribution >= 0.6 is 0 Å². The molecule has 0 bridgehead atoms. The number of nitrogens with one attached hydrogen (secondary N) is 2. The molecule has 0 aliphatic carbocycles. The summed E-state index contributed by atoms with van der Waals surface area (Å²) in [6, 6.07) is 20.0. The first-order chi connectivity index (χ1) is 15.7. The Morgan fingerprint density at radius 2 is 1.91 bits per heavy atom. The van der Waals surface area contributed by atoms with E-state index in [4.69, 9.17) is 4.42 Å². The molecule has 0 atom stereocenters. The third-order valence-electron chi connectivity index (χ3n) is 5.53. The summed E-state index contributed by atoms with van der Waals surface area (Å²) in [5, 5.41) is 6.11. The third kappa shape index (κ3) is 4.18. The lowest BCUT2D eigenvalue weighted by atomic mass is 9.99. The van der Waals surface area contributed by atoms with Crippen LogP contribution in [0, 0.1) is 6.92 Å². The van der Waals surface area contributed by atoms with E-state index in [0.717, 1.165) is 34.3 Å². The van der Waals surface area contributed by atoms with Crippen molar-refractivity contribution in [3.8, 4) is 0 Å². The zero-order valence-corrected chi connectivity index (χ0v) is 17.7. The summed E-state index contributed by atoms with van der Waals surface area (Å²) in [5.74, 6) is 0.606. The van der Waals surface area contributed by atoms with Crippen LogP contribution in [0.25, 0.3) is 16.7 Å². The number of para-hydroxylation sites is 2. The minimum atomic E-state index is -0.125. The molecule has 0 saturated heterocycles. The van der Waals surface area contributed by atoms with Crippen molar-refractivity contribution in [2.75, 3.05) is 23.7 Å². The molecule has 3 heterocycles. The van der Waals surface area contributed by atoms with Crippen molar-refractivity contribution >= 4 is 40.2 Å². The van der Waals surface area contributed by atoms with Gasteiger partial charge in [-0.3, -0.25) is 5.32 Å². The molecule has 7 nitrogen and oxygen atoms in total. The third-order valence-corrected chi connectivity index (χ3v) is 5.53. The maximum atomic E-state index is 12.6. The molecule has 0 spiro atoms. The summed E-state index contributed by atoms with van der Waals surface area (Å²) in [7, 11) is 0. The molecule has 5 rings (SSSR count). The van der Waals surface area contributed by atoms with Crippen LogP contribution in [0.5, 0.6) is 0 Å². The molecular formula is C25H23N5O2. The molecule has 7 heteroatoms. The molecule has 32 heavy (non-hydrogen) atoms. The van der Waals surface area contributed by atoms with Crippen molar-refractivity contribution in [1.29, 1.82) is 0 Å². The number of hydrogen-bond acceptors (Lipinski definition) is 5. The normalized spacial score (nSPS) is 13.7. The van der Waals surface area contributed by atoms with E-state index < -0.39 is 0 Å². The standard InChI is InChI=1S/C25H23N5O2/c1-17-5-4-14-26-23(17)29-25(31)30-15-12-19(13-16-30)18-8-10-20(11-9-18)27-24-28-21-6-2-3-7-22(21)32-24/h2-12,14H,13,15-16H2,1H3,(H,27,28)(H,26,29,31). The number of aryl methyl sites for hydroxylation is 1. The van der Waals surface area contributed by atoms with Gasteiger partial charge in [0.15, 0.2) is 5.58 Å². The number of benzene rings is 2. The number of aromatic nitrogens is 2. The fourth-order valence-electron chi connectivity index (χ4n) is 3.73. The zero-order chi connectivity index (χ0) is 21.9. The summed E-state index contributed by atoms with van der Waals surface area (Å²) < 4.78 is 5.72. The predicted octanol–water partition coefficient (Wildman–Crippen LogP) is 5.60. The summed E-state index contributed by atoms with van der Waals surface area (Å²) in [6.07, 6.45) is 4.59. The summed E-state index contributed by atoms with van der Waals surface area (Å²) in [4.78, 5) is 23.0. The van der Waals surface area contributed by atoms with Crippen LogP contribution in [0.3, 0.4) is 0 Å². The first-order valence-corrected chi connectivity index (χ1v) is 10.6. The minimum Gasteiger partial charge on any atom is -0.423 e. The Morgan fingerprint density at radius 1 is 1.06 bits per heavy atom. The van der Waals surface area contributed by atoms with Crippen LogP contribution < -0.4 is 10.6 Å². The Morgan fingerprint density at radius 3 is 2.66 bits per heavy atom. The van der Waals surface area contributed by atoms with Crippen molar-refractivity contribution < 1.29 is 9.21 Å². The van der Waals surface area contributed by atoms with E-state index in [9.17, 15) is 4.79 Å². The molecular weight excluding hydrogens is 402 g/mol. The van der Waals surface area contributed by atoms with Gasteiger partial charge < -0.3 is 14.6 Å². The lowest BCUT2D eigenvalue weighted by Crippen LogP contribution is -2.38. The average Bonchev–Trinajstić information content (AvgIpc) is 3.23. The Hall–Kier alpha value is -4.13. The number of amides is 2. The Balaban J connectivity index is 1.21. The Bertz CT molecular complexity index is 1260. The first kappa shape index (κ1) is 19.8. The Kier molecular flexibility index (Phi) is 5.29. The SMILES string of the molecule is Cc1cccnc1NC(=O)N1CC=C(c2ccc(Nc3nc4ccccc4o3)cc2)CC1. The van der Waals surface area contributed by atoms with Crippen molar-refractivity contribution in [2.45, 2.75) is 13.3 Å². The molecule has 1 aliphatic rings. The van der Waals surface area contributed by atoms with Gasteiger partial charge in [-0.25, -0.2) is 9.78 Å². The number of nitrogens with zero attached hydrogens (tertiary/aromatic N) is 3. The van der Waals surface area contributed by atoms with E-state index in [-0.39, 0.29) is 6.03 Å². The molecule has 2 aromatic heterocycles. The van der Waals surface area contributed by atoms with Gasteiger partial charge in [-0.05, 0) is 60.4 Å². The van der Waals surface area contributed by atoms with Gasteiger partial charge in [0.25, 0.3) is 6.01 Å². The van der Waals surface area contributed by atoms with Gasteiger partial charge in [0.05, 0.1) is 0 Å². The highest BCUT2D eigenvalue weighted by Gasteiger charge is 2.19. The quantitative estimate of drug-likeness (QED) is 0.445. The summed E-state index contributed by atoms with van der Waals surface area (Å²) >= 11 is 0. The fraction of sp³-hybridized carbons (Fsp3) is 0.160. The molecule has 0 radical (unpaired) electrons. The minimum absolute atomic E-state index is 0.125. The van der Waals surface area contributed by atoms with E-state index in [1.807, 2.05) is 55.5 Å². The smallest absolute Gasteiger partial charge is 0.323 e. The topological polar surface area (TPSA) is 83.3 Å². The number of fused-ring (bicyclic) bond motifs is 1. The number of oxazole rings is 1. The number of urea groups is 1. The van der Waals surface area contributed by atoms with Gasteiger partial charge in [0.2, 0.25) is 0 Å². The summed E-state index contributed by atoms with van der Waals surface area (Å²) in [5.41, 5.74) is 5.81. The van der Waals surface area contributed by atoms with Crippen LogP contribution in [0.15, 0.2) is 77.4 Å². The molecule has 1 aliphatic heterocycles. The summed E-state index contributed by atoms with van der Waals surface area (Å²) in [6.45, 7) is 3.15. The molecule has 0 fully saturated rings. The van der Waals surface area contributed by atoms with E-state index in [1.54, 1.807) is 11.1 Å². The molecule has 2 aromatic carbocycles. The lowest BCUT2D eigenvalue weighted by molar-refractivity contribution is 0.217. The highest BCUT2D eigenvalue weighted by Crippen LogP contribution is 2.26. The first-order valence-electron chi connectivity index (χ1n) is 10.6. The second-order valence-corrected chi connectivity index (χ2v) is 7.71. The van der Waals surface area contributed by atoms with Gasteiger partial charge in [0.1, 0.15) is 11.3 Å². The molecule has 0 unspecified atom stereocenters. The molecule has 160 valence electrons. The van der Waals surface area contributed by atoms with Crippen molar-refractivity contribution in [3.05, 3.63) is 84.1 Å². The number of pyridine rings is 1. The van der Waals surface area contributed by atoms with E-state index in [1.165, 1.54) is 5.57 Å². The maximum absolute atomic E-state index is 12.6. The fourth-order valence-corrected chi connectivity index (χ4v) is 3.73. The van der Waals surface area contributed by atoms with E-state index >= 15 is 0 Å². The molecule has 2 N–H and O–H groups in total. The van der Waals surface area contributed by atoms with Crippen molar-refractivity contribution in [1.82, 2.24) is 14.9 Å². The van der Waals surface area contributed by atoms with Crippen molar-refractivity contribution in [2.24, 2.45) is 0 Å². The van der Waals surface area contributed by atoms with Gasteiger partial charge in [-0.1, -0.05) is 36.4 Å². The van der Waals surface area contributed by atoms with Gasteiger partial charge in [-0.15, -0.1) is 0 Å². The number of anilines is 3.